The third kappa shape index (κ3) is 3.50. The Bertz CT molecular complexity index is 865. The van der Waals surface area contributed by atoms with Crippen molar-refractivity contribution in [3.63, 3.8) is 0 Å². The van der Waals surface area contributed by atoms with Crippen molar-refractivity contribution in [2.75, 3.05) is 13.3 Å². The summed E-state index contributed by atoms with van der Waals surface area (Å²) in [6.45, 7) is 1.56. The summed E-state index contributed by atoms with van der Waals surface area (Å²) in [7, 11) is 0. The van der Waals surface area contributed by atoms with Crippen LogP contribution in [0.1, 0.15) is 33.9 Å². The van der Waals surface area contributed by atoms with Gasteiger partial charge in [-0.25, -0.2) is 4.68 Å². The summed E-state index contributed by atoms with van der Waals surface area (Å²) in [4.78, 5) is 15.0. The number of amides is 1. The minimum atomic E-state index is -0.0148. The predicted octanol–water partition coefficient (Wildman–Crippen LogP) is 2.89. The first-order valence-electron chi connectivity index (χ1n) is 8.68. The second-order valence-electron chi connectivity index (χ2n) is 6.33. The minimum absolute atomic E-state index is 0.0148. The van der Waals surface area contributed by atoms with Crippen molar-refractivity contribution in [2.24, 2.45) is 0 Å². The zero-order valence-electron chi connectivity index (χ0n) is 14.4. The van der Waals surface area contributed by atoms with Crippen molar-refractivity contribution in [3.05, 3.63) is 83.7 Å². The molecule has 2 aromatic carbocycles. The van der Waals surface area contributed by atoms with E-state index < -0.39 is 0 Å². The third-order valence-corrected chi connectivity index (χ3v) is 4.58. The van der Waals surface area contributed by atoms with Gasteiger partial charge in [-0.05, 0) is 29.7 Å². The second-order valence-corrected chi connectivity index (χ2v) is 6.33. The van der Waals surface area contributed by atoms with Crippen molar-refractivity contribution in [1.82, 2.24) is 19.9 Å². The largest absolute Gasteiger partial charge is 0.361 e. The maximum Gasteiger partial charge on any atom is 0.256 e. The van der Waals surface area contributed by atoms with Crippen LogP contribution in [0.4, 0.5) is 0 Å². The molecule has 6 nitrogen and oxygen atoms in total. The summed E-state index contributed by atoms with van der Waals surface area (Å²) in [5, 5.41) is 7.79. The highest BCUT2D eigenvalue weighted by Crippen LogP contribution is 2.29. The molecule has 1 atom stereocenters. The molecular weight excluding hydrogens is 328 g/mol. The van der Waals surface area contributed by atoms with Crippen molar-refractivity contribution in [2.45, 2.75) is 19.0 Å². The first-order chi connectivity index (χ1) is 12.8. The molecule has 1 fully saturated rings. The Morgan fingerprint density at radius 3 is 2.85 bits per heavy atom. The Hall–Kier alpha value is -2.99. The lowest BCUT2D eigenvalue weighted by molar-refractivity contribution is -0.0339. The van der Waals surface area contributed by atoms with E-state index in [-0.39, 0.29) is 11.9 Å². The van der Waals surface area contributed by atoms with Crippen molar-refractivity contribution < 1.29 is 9.53 Å². The fourth-order valence-corrected chi connectivity index (χ4v) is 3.30. The molecule has 1 saturated heterocycles. The van der Waals surface area contributed by atoms with Crippen LogP contribution < -0.4 is 0 Å². The van der Waals surface area contributed by atoms with Gasteiger partial charge in [0.25, 0.3) is 5.91 Å². The SMILES string of the molecule is O=C(c1cccc(Cn2ccnn2)c1)N1COCCC1c1ccccc1. The molecule has 132 valence electrons. The van der Waals surface area contributed by atoms with Crippen LogP contribution in [0.5, 0.6) is 0 Å². The molecule has 1 aliphatic heterocycles. The summed E-state index contributed by atoms with van der Waals surface area (Å²) in [6, 6.07) is 17.8. The van der Waals surface area contributed by atoms with E-state index >= 15 is 0 Å². The van der Waals surface area contributed by atoms with Gasteiger partial charge in [-0.15, -0.1) is 5.10 Å². The Morgan fingerprint density at radius 2 is 2.04 bits per heavy atom. The molecule has 0 spiro atoms. The first-order valence-corrected chi connectivity index (χ1v) is 8.68. The lowest BCUT2D eigenvalue weighted by Crippen LogP contribution is -2.40. The molecule has 0 radical (unpaired) electrons. The number of nitrogens with zero attached hydrogens (tertiary/aromatic N) is 4. The smallest absolute Gasteiger partial charge is 0.256 e. The normalized spacial score (nSPS) is 17.2. The van der Waals surface area contributed by atoms with E-state index in [9.17, 15) is 4.79 Å². The summed E-state index contributed by atoms with van der Waals surface area (Å²) in [6.07, 6.45) is 4.25. The predicted molar refractivity (Wildman–Crippen MR) is 96.4 cm³/mol. The summed E-state index contributed by atoms with van der Waals surface area (Å²) < 4.78 is 7.31. The fourth-order valence-electron chi connectivity index (χ4n) is 3.30. The average molecular weight is 348 g/mol. The summed E-state index contributed by atoms with van der Waals surface area (Å²) >= 11 is 0. The maximum atomic E-state index is 13.1. The topological polar surface area (TPSA) is 60.2 Å². The van der Waals surface area contributed by atoms with Gasteiger partial charge in [-0.2, -0.15) is 0 Å². The first kappa shape index (κ1) is 16.5. The van der Waals surface area contributed by atoms with E-state index in [0.717, 1.165) is 17.5 Å². The molecule has 2 heterocycles. The summed E-state index contributed by atoms with van der Waals surface area (Å²) in [5.41, 5.74) is 2.81. The molecule has 26 heavy (non-hydrogen) atoms. The van der Waals surface area contributed by atoms with Crippen LogP contribution in [0.25, 0.3) is 0 Å². The molecule has 6 heteroatoms. The van der Waals surface area contributed by atoms with Crippen LogP contribution in [0.15, 0.2) is 67.0 Å². The summed E-state index contributed by atoms with van der Waals surface area (Å²) in [5.74, 6) is -0.0148. The Labute approximate surface area is 152 Å². The molecule has 0 bridgehead atoms. The van der Waals surface area contributed by atoms with Crippen molar-refractivity contribution in [3.8, 4) is 0 Å². The quantitative estimate of drug-likeness (QED) is 0.727. The minimum Gasteiger partial charge on any atom is -0.361 e. The number of rotatable bonds is 4. The molecule has 4 rings (SSSR count). The lowest BCUT2D eigenvalue weighted by atomic mass is 10.0. The molecular formula is C20H20N4O2. The van der Waals surface area contributed by atoms with Crippen molar-refractivity contribution in [1.29, 1.82) is 0 Å². The number of hydrogen-bond donors (Lipinski definition) is 0. The molecule has 3 aromatic rings. The number of benzene rings is 2. The van der Waals surface area contributed by atoms with Crippen LogP contribution in [-0.4, -0.2) is 39.1 Å². The van der Waals surface area contributed by atoms with Crippen LogP contribution in [0.2, 0.25) is 0 Å². The molecule has 1 aliphatic rings. The molecule has 1 aromatic heterocycles. The lowest BCUT2D eigenvalue weighted by Gasteiger charge is -2.36. The van der Waals surface area contributed by atoms with E-state index in [2.05, 4.69) is 22.4 Å². The molecule has 1 amide bonds. The van der Waals surface area contributed by atoms with E-state index in [1.54, 1.807) is 17.1 Å². The third-order valence-electron chi connectivity index (χ3n) is 4.58. The second kappa shape index (κ2) is 7.49. The van der Waals surface area contributed by atoms with Crippen molar-refractivity contribution >= 4 is 5.91 Å². The van der Waals surface area contributed by atoms with E-state index in [4.69, 9.17) is 4.74 Å². The van der Waals surface area contributed by atoms with E-state index in [0.29, 0.717) is 25.4 Å². The van der Waals surface area contributed by atoms with Gasteiger partial charge < -0.3 is 9.64 Å². The molecule has 0 N–H and O–H groups in total. The van der Waals surface area contributed by atoms with Gasteiger partial charge in [-0.3, -0.25) is 4.79 Å². The average Bonchev–Trinajstić information content (AvgIpc) is 3.21. The zero-order chi connectivity index (χ0) is 17.8. The van der Waals surface area contributed by atoms with Crippen LogP contribution in [0, 0.1) is 0 Å². The van der Waals surface area contributed by atoms with Gasteiger partial charge in [0.15, 0.2) is 0 Å². The van der Waals surface area contributed by atoms with Crippen LogP contribution >= 0.6 is 0 Å². The van der Waals surface area contributed by atoms with Gasteiger partial charge >= 0.3 is 0 Å². The Kier molecular flexibility index (Phi) is 4.75. The van der Waals surface area contributed by atoms with Crippen LogP contribution in [-0.2, 0) is 11.3 Å². The standard InChI is InChI=1S/C20H20N4O2/c25-20(18-8-4-5-16(13-18)14-23-11-10-21-22-23)24-15-26-12-9-19(24)17-6-2-1-3-7-17/h1-8,10-11,13,19H,9,12,14-15H2. The molecule has 0 saturated carbocycles. The van der Waals surface area contributed by atoms with Gasteiger partial charge in [0, 0.05) is 11.8 Å². The monoisotopic (exact) mass is 348 g/mol. The molecule has 0 aliphatic carbocycles. The molecule has 1 unspecified atom stereocenters. The number of carbonyl (C=O) groups excluding carboxylic acids is 1. The van der Waals surface area contributed by atoms with Gasteiger partial charge in [0.2, 0.25) is 0 Å². The number of carbonyl (C=O) groups is 1. The fraction of sp³-hybridized carbons (Fsp3) is 0.250. The highest BCUT2D eigenvalue weighted by molar-refractivity contribution is 5.94. The van der Waals surface area contributed by atoms with E-state index in [1.165, 1.54) is 0 Å². The number of hydrogen-bond acceptors (Lipinski definition) is 4. The van der Waals surface area contributed by atoms with Gasteiger partial charge in [-0.1, -0.05) is 47.7 Å². The van der Waals surface area contributed by atoms with Gasteiger partial charge in [0.05, 0.1) is 25.4 Å². The Balaban J connectivity index is 1.57. The highest BCUT2D eigenvalue weighted by Gasteiger charge is 2.29. The number of ether oxygens (including phenoxy) is 1. The Morgan fingerprint density at radius 1 is 1.15 bits per heavy atom. The van der Waals surface area contributed by atoms with Gasteiger partial charge in [0.1, 0.15) is 6.73 Å². The van der Waals surface area contributed by atoms with Crippen LogP contribution in [0.3, 0.4) is 0 Å². The number of aromatic nitrogens is 3. The zero-order valence-corrected chi connectivity index (χ0v) is 14.4. The highest BCUT2D eigenvalue weighted by atomic mass is 16.5. The maximum absolute atomic E-state index is 13.1. The van der Waals surface area contributed by atoms with E-state index in [1.807, 2.05) is 47.4 Å².